The van der Waals surface area contributed by atoms with E-state index in [1.165, 1.54) is 0 Å². The molecule has 3 rings (SSSR count). The Balaban J connectivity index is 1.58. The predicted molar refractivity (Wildman–Crippen MR) is 94.3 cm³/mol. The third-order valence-corrected chi connectivity index (χ3v) is 4.22. The third-order valence-electron chi connectivity index (χ3n) is 4.22. The number of para-hydroxylation sites is 1. The minimum Gasteiger partial charge on any atom is -0.480 e. The molecule has 0 spiro atoms. The van der Waals surface area contributed by atoms with Crippen LogP contribution in [0.4, 0.5) is 5.82 Å². The number of ether oxygens (including phenoxy) is 1. The Kier molecular flexibility index (Phi) is 5.14. The van der Waals surface area contributed by atoms with Crippen LogP contribution in [0.15, 0.2) is 48.7 Å². The number of amides is 1. The molecule has 1 aliphatic heterocycles. The number of rotatable bonds is 4. The Bertz CT molecular complexity index is 764. The lowest BCUT2D eigenvalue weighted by atomic mass is 10.2. The smallest absolute Gasteiger partial charge is 0.263 e. The van der Waals surface area contributed by atoms with Crippen LogP contribution < -0.4 is 9.64 Å². The minimum atomic E-state index is -0.629. The van der Waals surface area contributed by atoms with E-state index in [9.17, 15) is 4.79 Å². The molecule has 128 valence electrons. The lowest BCUT2D eigenvalue weighted by Crippen LogP contribution is -2.52. The molecule has 0 bridgehead atoms. The fraction of sp³-hybridized carbons (Fsp3) is 0.316. The molecule has 1 saturated heterocycles. The second-order valence-corrected chi connectivity index (χ2v) is 5.87. The molecule has 6 heteroatoms. The van der Waals surface area contributed by atoms with Gasteiger partial charge >= 0.3 is 0 Å². The normalized spacial score (nSPS) is 15.4. The summed E-state index contributed by atoms with van der Waals surface area (Å²) in [6.07, 6.45) is 1.14. The summed E-state index contributed by atoms with van der Waals surface area (Å²) in [5, 5.41) is 9.12. The standard InChI is InChI=1S/C19H20N4O2/c1-15(25-17-7-3-2-6-16(17)14-20)19(24)23-12-10-22(11-13-23)18-8-4-5-9-21-18/h2-9,15H,10-13H2,1H3. The van der Waals surface area contributed by atoms with Crippen LogP contribution in [-0.4, -0.2) is 48.1 Å². The van der Waals surface area contributed by atoms with Crippen LogP contribution in [0, 0.1) is 11.3 Å². The number of hydrogen-bond donors (Lipinski definition) is 0. The van der Waals surface area contributed by atoms with Crippen molar-refractivity contribution in [2.75, 3.05) is 31.1 Å². The highest BCUT2D eigenvalue weighted by molar-refractivity contribution is 5.81. The SMILES string of the molecule is CC(Oc1ccccc1C#N)C(=O)N1CCN(c2ccccn2)CC1. The van der Waals surface area contributed by atoms with Gasteiger partial charge in [0.1, 0.15) is 17.6 Å². The Labute approximate surface area is 147 Å². The lowest BCUT2D eigenvalue weighted by molar-refractivity contribution is -0.138. The van der Waals surface area contributed by atoms with Gasteiger partial charge in [-0.2, -0.15) is 5.26 Å². The summed E-state index contributed by atoms with van der Waals surface area (Å²) in [6, 6.07) is 14.9. The van der Waals surface area contributed by atoms with E-state index in [4.69, 9.17) is 10.00 Å². The molecule has 0 saturated carbocycles. The van der Waals surface area contributed by atoms with Crippen LogP contribution in [0.2, 0.25) is 0 Å². The highest BCUT2D eigenvalue weighted by Gasteiger charge is 2.26. The average molecular weight is 336 g/mol. The van der Waals surface area contributed by atoms with E-state index in [2.05, 4.69) is 16.0 Å². The third kappa shape index (κ3) is 3.89. The predicted octanol–water partition coefficient (Wildman–Crippen LogP) is 2.07. The number of benzene rings is 1. The van der Waals surface area contributed by atoms with Crippen molar-refractivity contribution in [2.45, 2.75) is 13.0 Å². The number of carbonyl (C=O) groups excluding carboxylic acids is 1. The van der Waals surface area contributed by atoms with Gasteiger partial charge in [-0.25, -0.2) is 4.98 Å². The van der Waals surface area contributed by atoms with E-state index >= 15 is 0 Å². The van der Waals surface area contributed by atoms with E-state index in [0.717, 1.165) is 18.9 Å². The van der Waals surface area contributed by atoms with Crippen LogP contribution >= 0.6 is 0 Å². The first-order valence-electron chi connectivity index (χ1n) is 8.29. The van der Waals surface area contributed by atoms with Gasteiger partial charge in [0, 0.05) is 32.4 Å². The molecule has 2 heterocycles. The Hall–Kier alpha value is -3.07. The Morgan fingerprint density at radius 1 is 1.16 bits per heavy atom. The average Bonchev–Trinajstić information content (AvgIpc) is 2.68. The number of pyridine rings is 1. The van der Waals surface area contributed by atoms with E-state index in [1.807, 2.05) is 18.2 Å². The van der Waals surface area contributed by atoms with Gasteiger partial charge in [0.15, 0.2) is 6.10 Å². The van der Waals surface area contributed by atoms with Gasteiger partial charge in [0.2, 0.25) is 0 Å². The summed E-state index contributed by atoms with van der Waals surface area (Å²) < 4.78 is 5.72. The maximum Gasteiger partial charge on any atom is 0.263 e. The van der Waals surface area contributed by atoms with Crippen molar-refractivity contribution < 1.29 is 9.53 Å². The minimum absolute atomic E-state index is 0.0617. The topological polar surface area (TPSA) is 69.5 Å². The van der Waals surface area contributed by atoms with Crippen LogP contribution in [0.5, 0.6) is 5.75 Å². The van der Waals surface area contributed by atoms with Gasteiger partial charge in [0.25, 0.3) is 5.91 Å². The van der Waals surface area contributed by atoms with Gasteiger partial charge in [0.05, 0.1) is 5.56 Å². The summed E-state index contributed by atoms with van der Waals surface area (Å²) in [7, 11) is 0. The monoisotopic (exact) mass is 336 g/mol. The molecule has 1 fully saturated rings. The first-order chi connectivity index (χ1) is 12.2. The molecule has 1 amide bonds. The Morgan fingerprint density at radius 2 is 1.88 bits per heavy atom. The number of hydrogen-bond acceptors (Lipinski definition) is 5. The van der Waals surface area contributed by atoms with E-state index in [-0.39, 0.29) is 5.91 Å². The van der Waals surface area contributed by atoms with Crippen molar-refractivity contribution >= 4 is 11.7 Å². The van der Waals surface area contributed by atoms with Crippen LogP contribution in [0.3, 0.4) is 0 Å². The van der Waals surface area contributed by atoms with E-state index < -0.39 is 6.10 Å². The first-order valence-corrected chi connectivity index (χ1v) is 8.29. The number of aromatic nitrogens is 1. The summed E-state index contributed by atoms with van der Waals surface area (Å²) in [5.41, 5.74) is 0.433. The van der Waals surface area contributed by atoms with Crippen molar-refractivity contribution in [1.82, 2.24) is 9.88 Å². The molecule has 1 aliphatic rings. The maximum atomic E-state index is 12.6. The van der Waals surface area contributed by atoms with Crippen molar-refractivity contribution in [3.05, 3.63) is 54.2 Å². The second kappa shape index (κ2) is 7.67. The highest BCUT2D eigenvalue weighted by Crippen LogP contribution is 2.19. The van der Waals surface area contributed by atoms with Crippen LogP contribution in [0.25, 0.3) is 0 Å². The van der Waals surface area contributed by atoms with Crippen molar-refractivity contribution in [3.63, 3.8) is 0 Å². The number of piperazine rings is 1. The number of nitriles is 1. The molecular formula is C19H20N4O2. The molecule has 1 unspecified atom stereocenters. The largest absolute Gasteiger partial charge is 0.480 e. The van der Waals surface area contributed by atoms with Gasteiger partial charge in [-0.05, 0) is 31.2 Å². The van der Waals surface area contributed by atoms with Crippen LogP contribution in [0.1, 0.15) is 12.5 Å². The quantitative estimate of drug-likeness (QED) is 0.855. The van der Waals surface area contributed by atoms with Crippen molar-refractivity contribution in [2.24, 2.45) is 0 Å². The number of anilines is 1. The van der Waals surface area contributed by atoms with Gasteiger partial charge in [-0.15, -0.1) is 0 Å². The molecule has 25 heavy (non-hydrogen) atoms. The molecule has 0 aliphatic carbocycles. The van der Waals surface area contributed by atoms with Gasteiger partial charge in [-0.3, -0.25) is 4.79 Å². The van der Waals surface area contributed by atoms with Gasteiger partial charge < -0.3 is 14.5 Å². The zero-order chi connectivity index (χ0) is 17.6. The summed E-state index contributed by atoms with van der Waals surface area (Å²) >= 11 is 0. The Morgan fingerprint density at radius 3 is 2.56 bits per heavy atom. The molecule has 2 aromatic rings. The molecule has 1 aromatic heterocycles. The fourth-order valence-corrected chi connectivity index (χ4v) is 2.86. The number of carbonyl (C=O) groups is 1. The molecule has 0 radical (unpaired) electrons. The van der Waals surface area contributed by atoms with E-state index in [1.54, 1.807) is 42.3 Å². The summed E-state index contributed by atoms with van der Waals surface area (Å²) in [4.78, 5) is 21.0. The van der Waals surface area contributed by atoms with Crippen LogP contribution in [-0.2, 0) is 4.79 Å². The highest BCUT2D eigenvalue weighted by atomic mass is 16.5. The van der Waals surface area contributed by atoms with Crippen molar-refractivity contribution in [3.8, 4) is 11.8 Å². The summed E-state index contributed by atoms with van der Waals surface area (Å²) in [5.74, 6) is 1.31. The molecular weight excluding hydrogens is 316 g/mol. The molecule has 1 atom stereocenters. The fourth-order valence-electron chi connectivity index (χ4n) is 2.86. The lowest BCUT2D eigenvalue weighted by Gasteiger charge is -2.36. The van der Waals surface area contributed by atoms with Gasteiger partial charge in [-0.1, -0.05) is 18.2 Å². The zero-order valence-electron chi connectivity index (χ0n) is 14.1. The zero-order valence-corrected chi connectivity index (χ0v) is 14.1. The first kappa shape index (κ1) is 16.8. The van der Waals surface area contributed by atoms with E-state index in [0.29, 0.717) is 24.4 Å². The summed E-state index contributed by atoms with van der Waals surface area (Å²) in [6.45, 7) is 4.46. The molecule has 0 N–H and O–H groups in total. The van der Waals surface area contributed by atoms with Crippen molar-refractivity contribution in [1.29, 1.82) is 5.26 Å². The second-order valence-electron chi connectivity index (χ2n) is 5.87. The maximum absolute atomic E-state index is 12.6. The molecule has 6 nitrogen and oxygen atoms in total. The number of nitrogens with zero attached hydrogens (tertiary/aromatic N) is 4. The molecule has 1 aromatic carbocycles.